The van der Waals surface area contributed by atoms with Crippen molar-refractivity contribution in [2.24, 2.45) is 5.92 Å². The molecule has 0 spiro atoms. The van der Waals surface area contributed by atoms with E-state index in [0.29, 0.717) is 5.92 Å². The van der Waals surface area contributed by atoms with Crippen molar-refractivity contribution in [1.82, 2.24) is 0 Å². The zero-order valence-corrected chi connectivity index (χ0v) is 16.3. The molecule has 1 rings (SSSR count). The Morgan fingerprint density at radius 2 is 2.00 bits per heavy atom. The molecule has 0 N–H and O–H groups in total. The molecule has 0 bridgehead atoms. The number of rotatable bonds is 4. The van der Waals surface area contributed by atoms with Crippen LogP contribution in [0.5, 0.6) is 0 Å². The summed E-state index contributed by atoms with van der Waals surface area (Å²) in [5.74, 6) is 0.161. The minimum absolute atomic E-state index is 0.0312. The first kappa shape index (κ1) is 14.7. The van der Waals surface area contributed by atoms with E-state index in [2.05, 4.69) is 0 Å². The zero-order valence-electron chi connectivity index (χ0n) is 10.1. The van der Waals surface area contributed by atoms with Crippen LogP contribution >= 0.6 is 8.25 Å². The quantitative estimate of drug-likeness (QED) is 0.387. The van der Waals surface area contributed by atoms with Crippen molar-refractivity contribution in [3.05, 3.63) is 0 Å². The Labute approximate surface area is 113 Å². The summed E-state index contributed by atoms with van der Waals surface area (Å²) in [4.78, 5) is 11.1. The molecule has 3 atom stereocenters. The van der Waals surface area contributed by atoms with Gasteiger partial charge in [-0.25, -0.2) is 0 Å². The van der Waals surface area contributed by atoms with Crippen molar-refractivity contribution >= 4 is 14.2 Å². The Morgan fingerprint density at radius 1 is 1.38 bits per heavy atom. The van der Waals surface area contributed by atoms with Crippen LogP contribution in [0.4, 0.5) is 0 Å². The first-order valence-corrected chi connectivity index (χ1v) is 16.6. The summed E-state index contributed by atoms with van der Waals surface area (Å²) < 4.78 is 12.0. The molecule has 90 valence electrons. The van der Waals surface area contributed by atoms with E-state index in [9.17, 15) is 4.79 Å². The van der Waals surface area contributed by atoms with Crippen molar-refractivity contribution in [3.63, 3.8) is 0 Å². The van der Waals surface area contributed by atoms with Crippen LogP contribution in [0, 0.1) is 5.92 Å². The number of carbonyl (C=O) groups excluding carboxylic acids is 1. The van der Waals surface area contributed by atoms with E-state index in [0.717, 1.165) is 29.6 Å². The minimum atomic E-state index is -1.23. The molecule has 1 fully saturated rings. The summed E-state index contributed by atoms with van der Waals surface area (Å²) in [5, 5.41) is 0. The average Bonchev–Trinajstić information content (AvgIpc) is 2.42. The predicted molar refractivity (Wildman–Crippen MR) is 59.0 cm³/mol. The number of hydrogen-bond donors (Lipinski definition) is 0. The maximum atomic E-state index is 11.1. The fourth-order valence-electron chi connectivity index (χ4n) is 2.51. The standard InChI is InChI=1S/C11H19O3.ClH.Hg/c1-8-10(13-3)6-4-5-7-11(8)14-9(2)12;;/h8,10-11H,1,4-7H2,2-3H3;1H;/q;;+1/p-1/t8-,10+,11+;;/m0../s1. The first-order chi connectivity index (χ1) is 7.69. The van der Waals surface area contributed by atoms with Crippen LogP contribution in [-0.2, 0) is 37.6 Å². The van der Waals surface area contributed by atoms with Crippen LogP contribution in [0.15, 0.2) is 0 Å². The molecule has 0 aromatic carbocycles. The van der Waals surface area contributed by atoms with Gasteiger partial charge in [-0.15, -0.1) is 0 Å². The molecule has 0 radical (unpaired) electrons. The van der Waals surface area contributed by atoms with Gasteiger partial charge >= 0.3 is 114 Å². The van der Waals surface area contributed by atoms with E-state index in [1.807, 2.05) is 0 Å². The predicted octanol–water partition coefficient (Wildman–Crippen LogP) is 2.78. The summed E-state index contributed by atoms with van der Waals surface area (Å²) in [6.07, 6.45) is 4.58. The second-order valence-electron chi connectivity index (χ2n) is 4.35. The molecule has 3 nitrogen and oxygen atoms in total. The summed E-state index contributed by atoms with van der Waals surface area (Å²) in [6, 6.07) is 0. The molecule has 16 heavy (non-hydrogen) atoms. The Balaban J connectivity index is 2.69. The van der Waals surface area contributed by atoms with Gasteiger partial charge in [-0.05, 0) is 0 Å². The van der Waals surface area contributed by atoms with E-state index in [1.54, 1.807) is 7.11 Å². The van der Waals surface area contributed by atoms with Crippen LogP contribution in [0.2, 0.25) is 3.93 Å². The maximum absolute atomic E-state index is 11.1. The van der Waals surface area contributed by atoms with Gasteiger partial charge < -0.3 is 0 Å². The number of hydrogen-bond acceptors (Lipinski definition) is 3. The number of esters is 1. The summed E-state index contributed by atoms with van der Waals surface area (Å²) in [6.45, 7) is 1.48. The Bertz CT molecular complexity index is 225. The van der Waals surface area contributed by atoms with E-state index >= 15 is 0 Å². The number of halogens is 1. The molecule has 0 aromatic rings. The third-order valence-electron chi connectivity index (χ3n) is 3.24. The van der Waals surface area contributed by atoms with Gasteiger partial charge in [-0.3, -0.25) is 0 Å². The van der Waals surface area contributed by atoms with E-state index in [-0.39, 0.29) is 18.2 Å². The van der Waals surface area contributed by atoms with Gasteiger partial charge in [-0.1, -0.05) is 0 Å². The molecule has 1 saturated carbocycles. The van der Waals surface area contributed by atoms with Gasteiger partial charge in [0.2, 0.25) is 0 Å². The second-order valence-corrected chi connectivity index (χ2v) is 11.4. The third kappa shape index (κ3) is 4.50. The number of ether oxygens (including phenoxy) is 2. The van der Waals surface area contributed by atoms with Gasteiger partial charge in [-0.2, -0.15) is 0 Å². The average molecular weight is 435 g/mol. The van der Waals surface area contributed by atoms with Gasteiger partial charge in [0.05, 0.1) is 0 Å². The fourth-order valence-corrected chi connectivity index (χ4v) is 8.59. The van der Waals surface area contributed by atoms with Gasteiger partial charge in [0.25, 0.3) is 0 Å². The number of carbonyl (C=O) groups is 1. The topological polar surface area (TPSA) is 35.5 Å². The first-order valence-electron chi connectivity index (χ1n) is 5.95. The molecule has 0 amide bonds. The van der Waals surface area contributed by atoms with Crippen molar-refractivity contribution < 1.29 is 37.6 Å². The molecule has 0 unspecified atom stereocenters. The molecule has 5 heteroatoms. The van der Waals surface area contributed by atoms with Crippen molar-refractivity contribution in [3.8, 4) is 0 Å². The van der Waals surface area contributed by atoms with E-state index in [4.69, 9.17) is 17.7 Å². The molecule has 0 saturated heterocycles. The van der Waals surface area contributed by atoms with Gasteiger partial charge in [0, 0.05) is 0 Å². The summed E-state index contributed by atoms with van der Waals surface area (Å²) in [7, 11) is 7.79. The summed E-state index contributed by atoms with van der Waals surface area (Å²) >= 11 is -1.23. The zero-order chi connectivity index (χ0) is 12.0. The van der Waals surface area contributed by atoms with E-state index in [1.165, 1.54) is 6.92 Å². The van der Waals surface area contributed by atoms with Crippen molar-refractivity contribution in [2.75, 3.05) is 7.11 Å². The molecule has 0 heterocycles. The molecule has 1 aliphatic carbocycles. The van der Waals surface area contributed by atoms with Crippen molar-refractivity contribution in [2.45, 2.75) is 48.7 Å². The van der Waals surface area contributed by atoms with Crippen LogP contribution in [0.25, 0.3) is 0 Å². The Kier molecular flexibility index (Phi) is 7.25. The fraction of sp³-hybridized carbons (Fsp3) is 0.909. The molecule has 1 aliphatic rings. The third-order valence-corrected chi connectivity index (χ3v) is 8.60. The number of methoxy groups -OCH3 is 1. The van der Waals surface area contributed by atoms with Crippen LogP contribution in [-0.4, -0.2) is 25.3 Å². The Morgan fingerprint density at radius 3 is 2.50 bits per heavy atom. The van der Waals surface area contributed by atoms with Crippen LogP contribution in [0.1, 0.15) is 32.6 Å². The molecule has 0 aliphatic heterocycles. The van der Waals surface area contributed by atoms with Crippen molar-refractivity contribution in [1.29, 1.82) is 0 Å². The van der Waals surface area contributed by atoms with Crippen LogP contribution < -0.4 is 0 Å². The SMILES string of the molecule is CO[C@@H]1CCCC[C@@H](OC(C)=O)[C@H]1[CH2][Hg][Cl]. The van der Waals surface area contributed by atoms with Crippen LogP contribution in [0.3, 0.4) is 0 Å². The molecular weight excluding hydrogens is 416 g/mol. The monoisotopic (exact) mass is 436 g/mol. The van der Waals surface area contributed by atoms with Gasteiger partial charge in [0.1, 0.15) is 0 Å². The van der Waals surface area contributed by atoms with E-state index < -0.39 is 23.3 Å². The normalized spacial score (nSPS) is 30.3. The van der Waals surface area contributed by atoms with Gasteiger partial charge in [0.15, 0.2) is 0 Å². The second kappa shape index (κ2) is 7.88. The molecule has 0 aromatic heterocycles. The Hall–Kier alpha value is 0.655. The molecular formula is C11H19ClHgO3. The summed E-state index contributed by atoms with van der Waals surface area (Å²) in [5.41, 5.74) is 0.